The Bertz CT molecular complexity index is 967. The standard InChI is InChI=1S/C18H22FN3O4S/c1-18(2,3)26-17(23)21-13-7-8-22(11-13)27(24,25)15-6-4-5-12-9-20-10-14(19)16(12)15/h4-6,9-10,13H,7-8,11H2,1-3H3,(H,21,23). The van der Waals surface area contributed by atoms with Crippen molar-refractivity contribution in [2.75, 3.05) is 13.1 Å². The number of nitrogens with one attached hydrogen (secondary N) is 1. The van der Waals surface area contributed by atoms with Gasteiger partial charge in [-0.3, -0.25) is 4.98 Å². The summed E-state index contributed by atoms with van der Waals surface area (Å²) in [5, 5.41) is 3.13. The number of aromatic nitrogens is 1. The number of alkyl carbamates (subject to hydrolysis) is 1. The number of sulfonamides is 1. The number of ether oxygens (including phenoxy) is 1. The van der Waals surface area contributed by atoms with Crippen LogP contribution in [0.3, 0.4) is 0 Å². The van der Waals surface area contributed by atoms with Gasteiger partial charge < -0.3 is 10.1 Å². The van der Waals surface area contributed by atoms with Crippen molar-refractivity contribution in [2.45, 2.75) is 43.7 Å². The molecule has 0 bridgehead atoms. The van der Waals surface area contributed by atoms with Gasteiger partial charge in [0.25, 0.3) is 0 Å². The highest BCUT2D eigenvalue weighted by Gasteiger charge is 2.35. The number of rotatable bonds is 3. The molecule has 2 aromatic rings. The van der Waals surface area contributed by atoms with Crippen LogP contribution in [0.1, 0.15) is 27.2 Å². The van der Waals surface area contributed by atoms with E-state index in [0.717, 1.165) is 6.20 Å². The van der Waals surface area contributed by atoms with Crippen LogP contribution < -0.4 is 5.32 Å². The second-order valence-corrected chi connectivity index (χ2v) is 9.38. The molecule has 0 radical (unpaired) electrons. The molecule has 1 fully saturated rings. The van der Waals surface area contributed by atoms with Crippen LogP contribution in [0, 0.1) is 5.82 Å². The third kappa shape index (κ3) is 4.19. The Kier molecular flexibility index (Phi) is 5.09. The molecule has 1 aromatic heterocycles. The Morgan fingerprint density at radius 3 is 2.78 bits per heavy atom. The van der Waals surface area contributed by atoms with Gasteiger partial charge in [-0.2, -0.15) is 4.31 Å². The van der Waals surface area contributed by atoms with E-state index in [9.17, 15) is 17.6 Å². The summed E-state index contributed by atoms with van der Waals surface area (Å²) in [5.41, 5.74) is -0.636. The summed E-state index contributed by atoms with van der Waals surface area (Å²) in [5.74, 6) is -0.686. The number of halogens is 1. The second-order valence-electron chi connectivity index (χ2n) is 7.47. The van der Waals surface area contributed by atoms with E-state index in [2.05, 4.69) is 10.3 Å². The Balaban J connectivity index is 1.81. The van der Waals surface area contributed by atoms with Crippen molar-refractivity contribution in [3.8, 4) is 0 Å². The molecule has 1 atom stereocenters. The highest BCUT2D eigenvalue weighted by Crippen LogP contribution is 2.29. The first-order valence-electron chi connectivity index (χ1n) is 8.60. The zero-order chi connectivity index (χ0) is 19.8. The molecule has 7 nitrogen and oxygen atoms in total. The monoisotopic (exact) mass is 395 g/mol. The molecule has 1 aliphatic heterocycles. The third-order valence-corrected chi connectivity index (χ3v) is 6.10. The maximum Gasteiger partial charge on any atom is 0.407 e. The van der Waals surface area contributed by atoms with Crippen molar-refractivity contribution in [3.05, 3.63) is 36.4 Å². The average Bonchev–Trinajstić information content (AvgIpc) is 3.02. The van der Waals surface area contributed by atoms with Crippen LogP contribution in [0.25, 0.3) is 10.8 Å². The summed E-state index contributed by atoms with van der Waals surface area (Å²) >= 11 is 0. The summed E-state index contributed by atoms with van der Waals surface area (Å²) in [6, 6.07) is 4.19. The van der Waals surface area contributed by atoms with E-state index < -0.39 is 27.5 Å². The number of carbonyl (C=O) groups is 1. The third-order valence-electron chi connectivity index (χ3n) is 4.19. The van der Waals surface area contributed by atoms with E-state index in [0.29, 0.717) is 11.8 Å². The minimum absolute atomic E-state index is 0.0241. The minimum atomic E-state index is -3.92. The molecule has 0 aliphatic carbocycles. The Hall–Kier alpha value is -2.26. The first kappa shape index (κ1) is 19.5. The van der Waals surface area contributed by atoms with E-state index in [1.165, 1.54) is 16.6 Å². The normalized spacial score (nSPS) is 18.6. The maximum atomic E-state index is 14.3. The van der Waals surface area contributed by atoms with Gasteiger partial charge in [0, 0.05) is 36.1 Å². The fraction of sp³-hybridized carbons (Fsp3) is 0.444. The van der Waals surface area contributed by atoms with Crippen molar-refractivity contribution >= 4 is 26.9 Å². The van der Waals surface area contributed by atoms with Crippen molar-refractivity contribution in [1.29, 1.82) is 0 Å². The lowest BCUT2D eigenvalue weighted by molar-refractivity contribution is 0.0507. The summed E-state index contributed by atoms with van der Waals surface area (Å²) in [4.78, 5) is 15.6. The molecule has 2 heterocycles. The highest BCUT2D eigenvalue weighted by molar-refractivity contribution is 7.89. The number of benzene rings is 1. The van der Waals surface area contributed by atoms with E-state index >= 15 is 0 Å². The predicted octanol–water partition coefficient (Wildman–Crippen LogP) is 2.66. The van der Waals surface area contributed by atoms with Gasteiger partial charge in [0.2, 0.25) is 10.0 Å². The number of pyridine rings is 1. The fourth-order valence-electron chi connectivity index (χ4n) is 3.05. The number of hydrogen-bond acceptors (Lipinski definition) is 5. The summed E-state index contributed by atoms with van der Waals surface area (Å²) in [6.07, 6.45) is 2.29. The van der Waals surface area contributed by atoms with Gasteiger partial charge in [-0.05, 0) is 33.3 Å². The SMILES string of the molecule is CC(C)(C)OC(=O)NC1CCN(S(=O)(=O)c2cccc3cncc(F)c23)C1. The van der Waals surface area contributed by atoms with E-state index in [1.54, 1.807) is 32.9 Å². The van der Waals surface area contributed by atoms with Crippen molar-refractivity contribution in [1.82, 2.24) is 14.6 Å². The molecule has 1 saturated heterocycles. The van der Waals surface area contributed by atoms with Gasteiger partial charge in [-0.1, -0.05) is 12.1 Å². The molecule has 1 N–H and O–H groups in total. The van der Waals surface area contributed by atoms with Crippen LogP contribution in [-0.4, -0.2) is 48.5 Å². The molecule has 146 valence electrons. The van der Waals surface area contributed by atoms with E-state index in [-0.39, 0.29) is 29.4 Å². The molecule has 0 spiro atoms. The number of carbonyl (C=O) groups excluding carboxylic acids is 1. The molecular formula is C18H22FN3O4S. The number of fused-ring (bicyclic) bond motifs is 1. The topological polar surface area (TPSA) is 88.6 Å². The number of amides is 1. The first-order valence-corrected chi connectivity index (χ1v) is 10.0. The molecular weight excluding hydrogens is 373 g/mol. The predicted molar refractivity (Wildman–Crippen MR) is 98.2 cm³/mol. The van der Waals surface area contributed by atoms with Gasteiger partial charge >= 0.3 is 6.09 Å². The van der Waals surface area contributed by atoms with E-state index in [4.69, 9.17) is 4.74 Å². The smallest absolute Gasteiger partial charge is 0.407 e. The molecule has 1 amide bonds. The van der Waals surface area contributed by atoms with Crippen LogP contribution in [-0.2, 0) is 14.8 Å². The minimum Gasteiger partial charge on any atom is -0.444 e. The lowest BCUT2D eigenvalue weighted by atomic mass is 10.2. The maximum absolute atomic E-state index is 14.3. The first-order chi connectivity index (χ1) is 12.6. The average molecular weight is 395 g/mol. The van der Waals surface area contributed by atoms with Gasteiger partial charge in [-0.25, -0.2) is 17.6 Å². The largest absolute Gasteiger partial charge is 0.444 e. The Morgan fingerprint density at radius 2 is 2.07 bits per heavy atom. The fourth-order valence-corrected chi connectivity index (χ4v) is 4.78. The zero-order valence-electron chi connectivity index (χ0n) is 15.4. The van der Waals surface area contributed by atoms with Gasteiger partial charge in [0.15, 0.2) is 5.82 Å². The highest BCUT2D eigenvalue weighted by atomic mass is 32.2. The van der Waals surface area contributed by atoms with Crippen molar-refractivity contribution in [3.63, 3.8) is 0 Å². The summed E-state index contributed by atoms with van der Waals surface area (Å²) in [6.45, 7) is 5.59. The molecule has 1 aromatic carbocycles. The molecule has 3 rings (SSSR count). The Labute approximate surface area is 157 Å². The van der Waals surface area contributed by atoms with Crippen LogP contribution in [0.5, 0.6) is 0 Å². The number of nitrogens with zero attached hydrogens (tertiary/aromatic N) is 2. The molecule has 27 heavy (non-hydrogen) atoms. The van der Waals surface area contributed by atoms with Gasteiger partial charge in [0.05, 0.1) is 11.1 Å². The van der Waals surface area contributed by atoms with Crippen LogP contribution in [0.2, 0.25) is 0 Å². The van der Waals surface area contributed by atoms with Gasteiger partial charge in [-0.15, -0.1) is 0 Å². The zero-order valence-corrected chi connectivity index (χ0v) is 16.2. The lowest BCUT2D eigenvalue weighted by Crippen LogP contribution is -2.41. The van der Waals surface area contributed by atoms with Crippen molar-refractivity contribution in [2.24, 2.45) is 0 Å². The van der Waals surface area contributed by atoms with Crippen LogP contribution >= 0.6 is 0 Å². The van der Waals surface area contributed by atoms with E-state index in [1.807, 2.05) is 0 Å². The number of hydrogen-bond donors (Lipinski definition) is 1. The quantitative estimate of drug-likeness (QED) is 0.863. The molecule has 0 saturated carbocycles. The lowest BCUT2D eigenvalue weighted by Gasteiger charge is -2.22. The second kappa shape index (κ2) is 7.05. The molecule has 1 aliphatic rings. The molecule has 1 unspecified atom stereocenters. The van der Waals surface area contributed by atoms with Crippen LogP contribution in [0.15, 0.2) is 35.5 Å². The van der Waals surface area contributed by atoms with Crippen molar-refractivity contribution < 1.29 is 22.3 Å². The van der Waals surface area contributed by atoms with Gasteiger partial charge in [0.1, 0.15) is 5.60 Å². The molecule has 9 heteroatoms. The Morgan fingerprint density at radius 1 is 1.33 bits per heavy atom. The van der Waals surface area contributed by atoms with Crippen LogP contribution in [0.4, 0.5) is 9.18 Å². The summed E-state index contributed by atoms with van der Waals surface area (Å²) in [7, 11) is -3.92. The summed E-state index contributed by atoms with van der Waals surface area (Å²) < 4.78 is 46.8.